The Balaban J connectivity index is 2.91. The van der Waals surface area contributed by atoms with Crippen LogP contribution in [0, 0.1) is 11.6 Å². The maximum Gasteiger partial charge on any atom is 0.307 e. The van der Waals surface area contributed by atoms with Gasteiger partial charge in [-0.25, -0.2) is 8.78 Å². The quantitative estimate of drug-likeness (QED) is 0.718. The van der Waals surface area contributed by atoms with Gasteiger partial charge in [0.2, 0.25) is 0 Å². The fourth-order valence-electron chi connectivity index (χ4n) is 1.70. The number of rotatable bonds is 7. The summed E-state index contributed by atoms with van der Waals surface area (Å²) >= 11 is 0. The number of hydrogen-bond donors (Lipinski definition) is 0. The molecule has 1 amide bonds. The number of benzene rings is 1. The summed E-state index contributed by atoms with van der Waals surface area (Å²) in [4.78, 5) is 24.5. The van der Waals surface area contributed by atoms with Gasteiger partial charge in [0.1, 0.15) is 17.2 Å². The summed E-state index contributed by atoms with van der Waals surface area (Å²) in [6.45, 7) is 0.283. The van der Waals surface area contributed by atoms with Crippen LogP contribution in [0.15, 0.2) is 18.2 Å². The fourth-order valence-corrected chi connectivity index (χ4v) is 1.70. The minimum atomic E-state index is -0.944. The van der Waals surface area contributed by atoms with E-state index in [9.17, 15) is 18.4 Å². The van der Waals surface area contributed by atoms with Crippen LogP contribution in [0.4, 0.5) is 8.78 Å². The number of carbonyl (C=O) groups excluding carboxylic acids is 2. The molecular formula is C14H17F2NO4. The summed E-state index contributed by atoms with van der Waals surface area (Å²) in [5, 5.41) is 0. The number of hydrogen-bond acceptors (Lipinski definition) is 4. The molecule has 0 fully saturated rings. The van der Waals surface area contributed by atoms with Gasteiger partial charge in [0.15, 0.2) is 0 Å². The molecular weight excluding hydrogens is 284 g/mol. The molecule has 0 N–H and O–H groups in total. The third kappa shape index (κ3) is 4.78. The SMILES string of the molecule is COCCN(CCC(=O)OC)C(=O)c1c(F)cccc1F. The van der Waals surface area contributed by atoms with Gasteiger partial charge in [-0.05, 0) is 12.1 Å². The van der Waals surface area contributed by atoms with Crippen molar-refractivity contribution in [2.24, 2.45) is 0 Å². The van der Waals surface area contributed by atoms with E-state index in [1.807, 2.05) is 0 Å². The molecule has 0 unspecified atom stereocenters. The molecule has 7 heteroatoms. The number of carbonyl (C=O) groups is 2. The van der Waals surface area contributed by atoms with Crippen LogP contribution < -0.4 is 0 Å². The maximum absolute atomic E-state index is 13.6. The molecule has 0 aliphatic heterocycles. The molecule has 0 aliphatic rings. The third-order valence-electron chi connectivity index (χ3n) is 2.84. The monoisotopic (exact) mass is 301 g/mol. The predicted molar refractivity (Wildman–Crippen MR) is 70.8 cm³/mol. The largest absolute Gasteiger partial charge is 0.469 e. The first kappa shape index (κ1) is 17.0. The van der Waals surface area contributed by atoms with Gasteiger partial charge >= 0.3 is 5.97 Å². The van der Waals surface area contributed by atoms with Gasteiger partial charge in [0.25, 0.3) is 5.91 Å². The Morgan fingerprint density at radius 3 is 2.29 bits per heavy atom. The van der Waals surface area contributed by atoms with E-state index < -0.39 is 29.1 Å². The lowest BCUT2D eigenvalue weighted by Crippen LogP contribution is -2.36. The van der Waals surface area contributed by atoms with Crippen LogP contribution in [0.25, 0.3) is 0 Å². The number of nitrogens with zero attached hydrogens (tertiary/aromatic N) is 1. The first-order valence-corrected chi connectivity index (χ1v) is 6.30. The average Bonchev–Trinajstić information content (AvgIpc) is 2.46. The number of halogens is 2. The van der Waals surface area contributed by atoms with Crippen LogP contribution >= 0.6 is 0 Å². The normalized spacial score (nSPS) is 10.3. The standard InChI is InChI=1S/C14H17F2NO4/c1-20-9-8-17(7-6-12(18)21-2)14(19)13-10(15)4-3-5-11(13)16/h3-5H,6-9H2,1-2H3. The van der Waals surface area contributed by atoms with E-state index in [0.29, 0.717) is 0 Å². The van der Waals surface area contributed by atoms with Crippen LogP contribution in [0.3, 0.4) is 0 Å². The molecule has 1 aromatic rings. The van der Waals surface area contributed by atoms with E-state index in [1.165, 1.54) is 20.3 Å². The van der Waals surface area contributed by atoms with Gasteiger partial charge in [-0.15, -0.1) is 0 Å². The van der Waals surface area contributed by atoms with Crippen molar-refractivity contribution < 1.29 is 27.8 Å². The summed E-state index contributed by atoms with van der Waals surface area (Å²) < 4.78 is 36.6. The van der Waals surface area contributed by atoms with Gasteiger partial charge in [-0.3, -0.25) is 9.59 Å². The molecule has 116 valence electrons. The summed E-state index contributed by atoms with van der Waals surface area (Å²) in [5.74, 6) is -3.23. The summed E-state index contributed by atoms with van der Waals surface area (Å²) in [6, 6.07) is 3.19. The van der Waals surface area contributed by atoms with Gasteiger partial charge in [-0.2, -0.15) is 0 Å². The van der Waals surface area contributed by atoms with Crippen LogP contribution in [0.2, 0.25) is 0 Å². The Bertz CT molecular complexity index is 487. The Kier molecular flexibility index (Phi) is 6.74. The van der Waals surface area contributed by atoms with E-state index in [1.54, 1.807) is 0 Å². The van der Waals surface area contributed by atoms with Crippen LogP contribution in [0.5, 0.6) is 0 Å². The van der Waals surface area contributed by atoms with Gasteiger partial charge in [0, 0.05) is 20.2 Å². The maximum atomic E-state index is 13.6. The first-order chi connectivity index (χ1) is 10.0. The lowest BCUT2D eigenvalue weighted by atomic mass is 10.1. The molecule has 1 aromatic carbocycles. The smallest absolute Gasteiger partial charge is 0.307 e. The van der Waals surface area contributed by atoms with E-state index >= 15 is 0 Å². The molecule has 0 aliphatic carbocycles. The molecule has 1 rings (SSSR count). The van der Waals surface area contributed by atoms with E-state index in [2.05, 4.69) is 4.74 Å². The molecule has 21 heavy (non-hydrogen) atoms. The zero-order valence-electron chi connectivity index (χ0n) is 11.9. The second kappa shape index (κ2) is 8.31. The van der Waals surface area contributed by atoms with E-state index in [0.717, 1.165) is 17.0 Å². The van der Waals surface area contributed by atoms with E-state index in [4.69, 9.17) is 4.74 Å². The topological polar surface area (TPSA) is 55.8 Å². The van der Waals surface area contributed by atoms with Crippen molar-refractivity contribution in [3.05, 3.63) is 35.4 Å². The highest BCUT2D eigenvalue weighted by Crippen LogP contribution is 2.15. The Labute approximate surface area is 121 Å². The average molecular weight is 301 g/mol. The van der Waals surface area contributed by atoms with Crippen LogP contribution in [-0.2, 0) is 14.3 Å². The third-order valence-corrected chi connectivity index (χ3v) is 2.84. The van der Waals surface area contributed by atoms with Crippen molar-refractivity contribution in [1.82, 2.24) is 4.90 Å². The highest BCUT2D eigenvalue weighted by molar-refractivity contribution is 5.95. The van der Waals surface area contributed by atoms with Crippen molar-refractivity contribution >= 4 is 11.9 Å². The van der Waals surface area contributed by atoms with Crippen LogP contribution in [-0.4, -0.2) is 50.7 Å². The zero-order valence-corrected chi connectivity index (χ0v) is 11.9. The highest BCUT2D eigenvalue weighted by atomic mass is 19.1. The summed E-state index contributed by atoms with van der Waals surface area (Å²) in [6.07, 6.45) is -0.0674. The molecule has 0 bridgehead atoms. The van der Waals surface area contributed by atoms with Crippen molar-refractivity contribution in [1.29, 1.82) is 0 Å². The van der Waals surface area contributed by atoms with Crippen molar-refractivity contribution in [2.75, 3.05) is 33.9 Å². The summed E-state index contributed by atoms with van der Waals surface area (Å²) in [5.41, 5.74) is -0.640. The molecule has 0 saturated carbocycles. The molecule has 0 radical (unpaired) electrons. The molecule has 0 saturated heterocycles. The Hall–Kier alpha value is -2.02. The minimum absolute atomic E-state index is 0.0113. The van der Waals surface area contributed by atoms with Crippen LogP contribution in [0.1, 0.15) is 16.8 Å². The lowest BCUT2D eigenvalue weighted by Gasteiger charge is -2.22. The van der Waals surface area contributed by atoms with Gasteiger partial charge < -0.3 is 14.4 Å². The number of methoxy groups -OCH3 is 2. The van der Waals surface area contributed by atoms with Crippen molar-refractivity contribution in [2.45, 2.75) is 6.42 Å². The lowest BCUT2D eigenvalue weighted by molar-refractivity contribution is -0.140. The number of esters is 1. The fraction of sp³-hybridized carbons (Fsp3) is 0.429. The summed E-state index contributed by atoms with van der Waals surface area (Å²) in [7, 11) is 2.66. The van der Waals surface area contributed by atoms with Crippen molar-refractivity contribution in [3.63, 3.8) is 0 Å². The van der Waals surface area contributed by atoms with Gasteiger partial charge in [-0.1, -0.05) is 6.07 Å². The molecule has 0 aromatic heterocycles. The Morgan fingerprint density at radius 1 is 1.14 bits per heavy atom. The van der Waals surface area contributed by atoms with Gasteiger partial charge in [0.05, 0.1) is 20.1 Å². The number of amides is 1. The molecule has 0 atom stereocenters. The zero-order chi connectivity index (χ0) is 15.8. The first-order valence-electron chi connectivity index (χ1n) is 6.30. The molecule has 0 spiro atoms. The number of ether oxygens (including phenoxy) is 2. The second-order valence-electron chi connectivity index (χ2n) is 4.21. The minimum Gasteiger partial charge on any atom is -0.469 e. The van der Waals surface area contributed by atoms with Crippen molar-refractivity contribution in [3.8, 4) is 0 Å². The predicted octanol–water partition coefficient (Wildman–Crippen LogP) is 1.62. The molecule has 0 heterocycles. The van der Waals surface area contributed by atoms with E-state index in [-0.39, 0.29) is 26.1 Å². The molecule has 5 nitrogen and oxygen atoms in total. The highest BCUT2D eigenvalue weighted by Gasteiger charge is 2.23. The second-order valence-corrected chi connectivity index (χ2v) is 4.21. The Morgan fingerprint density at radius 2 is 1.76 bits per heavy atom.